The summed E-state index contributed by atoms with van der Waals surface area (Å²) in [5, 5.41) is -0.0418. The van der Waals surface area contributed by atoms with Crippen molar-refractivity contribution in [1.29, 1.82) is 0 Å². The van der Waals surface area contributed by atoms with Gasteiger partial charge in [-0.05, 0) is 29.8 Å². The standard InChI is InChI=1S/C12H11Cl2NS/c1-8(9-4-6-15-7-5-9)12(14)10-2-3-11(13)16-10/h2-8,12H,1H3. The third-order valence-electron chi connectivity index (χ3n) is 2.54. The van der Waals surface area contributed by atoms with Gasteiger partial charge in [0.1, 0.15) is 0 Å². The number of rotatable bonds is 3. The fraction of sp³-hybridized carbons (Fsp3) is 0.250. The molecule has 2 atom stereocenters. The summed E-state index contributed by atoms with van der Waals surface area (Å²) in [4.78, 5) is 5.11. The van der Waals surface area contributed by atoms with Gasteiger partial charge in [-0.3, -0.25) is 4.98 Å². The Labute approximate surface area is 109 Å². The van der Waals surface area contributed by atoms with Crippen LogP contribution in [0.2, 0.25) is 4.34 Å². The molecule has 0 aliphatic heterocycles. The SMILES string of the molecule is CC(c1ccncc1)C(Cl)c1ccc(Cl)s1. The number of aromatic nitrogens is 1. The maximum absolute atomic E-state index is 6.44. The molecule has 0 spiro atoms. The van der Waals surface area contributed by atoms with Gasteiger partial charge in [0.25, 0.3) is 0 Å². The first-order valence-corrected chi connectivity index (χ1v) is 6.61. The molecule has 0 saturated carbocycles. The summed E-state index contributed by atoms with van der Waals surface area (Å²) >= 11 is 13.9. The van der Waals surface area contributed by atoms with Crippen LogP contribution in [0, 0.1) is 0 Å². The van der Waals surface area contributed by atoms with Crippen LogP contribution in [0.1, 0.15) is 28.7 Å². The number of thiophene rings is 1. The van der Waals surface area contributed by atoms with E-state index in [-0.39, 0.29) is 11.3 Å². The van der Waals surface area contributed by atoms with Crippen LogP contribution in [0.15, 0.2) is 36.7 Å². The molecule has 0 fully saturated rings. The van der Waals surface area contributed by atoms with Crippen LogP contribution in [-0.4, -0.2) is 4.98 Å². The minimum atomic E-state index is -0.0418. The van der Waals surface area contributed by atoms with E-state index in [0.717, 1.165) is 9.21 Å². The molecular formula is C12H11Cl2NS. The van der Waals surface area contributed by atoms with Crippen molar-refractivity contribution in [2.24, 2.45) is 0 Å². The number of halogens is 2. The summed E-state index contributed by atoms with van der Waals surface area (Å²) in [5.41, 5.74) is 1.19. The lowest BCUT2D eigenvalue weighted by Crippen LogP contribution is -2.00. The van der Waals surface area contributed by atoms with E-state index in [9.17, 15) is 0 Å². The van der Waals surface area contributed by atoms with Crippen molar-refractivity contribution in [3.63, 3.8) is 0 Å². The van der Waals surface area contributed by atoms with E-state index < -0.39 is 0 Å². The van der Waals surface area contributed by atoms with Crippen LogP contribution in [0.5, 0.6) is 0 Å². The van der Waals surface area contributed by atoms with Gasteiger partial charge in [0, 0.05) is 23.2 Å². The molecule has 1 nitrogen and oxygen atoms in total. The molecule has 0 N–H and O–H groups in total. The van der Waals surface area contributed by atoms with E-state index >= 15 is 0 Å². The second-order valence-corrected chi connectivity index (χ2v) is 5.83. The molecule has 0 bridgehead atoms. The lowest BCUT2D eigenvalue weighted by Gasteiger charge is -2.16. The van der Waals surface area contributed by atoms with Gasteiger partial charge in [0.15, 0.2) is 0 Å². The van der Waals surface area contributed by atoms with Gasteiger partial charge in [0.05, 0.1) is 9.71 Å². The Bertz CT molecular complexity index is 455. The minimum Gasteiger partial charge on any atom is -0.265 e. The summed E-state index contributed by atoms with van der Waals surface area (Å²) in [6, 6.07) is 7.86. The topological polar surface area (TPSA) is 12.9 Å². The predicted molar refractivity (Wildman–Crippen MR) is 70.6 cm³/mol. The zero-order valence-electron chi connectivity index (χ0n) is 8.73. The Kier molecular flexibility index (Phi) is 3.85. The number of hydrogen-bond donors (Lipinski definition) is 0. The van der Waals surface area contributed by atoms with E-state index in [1.54, 1.807) is 12.4 Å². The van der Waals surface area contributed by atoms with Gasteiger partial charge < -0.3 is 0 Å². The first-order valence-electron chi connectivity index (χ1n) is 4.97. The minimum absolute atomic E-state index is 0.0418. The van der Waals surface area contributed by atoms with E-state index in [2.05, 4.69) is 11.9 Å². The summed E-state index contributed by atoms with van der Waals surface area (Å²) in [6.45, 7) is 2.11. The van der Waals surface area contributed by atoms with Gasteiger partial charge >= 0.3 is 0 Å². The Hall–Kier alpha value is -0.570. The number of pyridine rings is 1. The predicted octanol–water partition coefficient (Wildman–Crippen LogP) is 4.88. The second kappa shape index (κ2) is 5.17. The van der Waals surface area contributed by atoms with Crippen LogP contribution in [0.25, 0.3) is 0 Å². The first-order chi connectivity index (χ1) is 7.68. The van der Waals surface area contributed by atoms with E-state index in [1.807, 2.05) is 24.3 Å². The Morgan fingerprint density at radius 2 is 1.88 bits per heavy atom. The third-order valence-corrected chi connectivity index (χ3v) is 4.59. The highest BCUT2D eigenvalue weighted by atomic mass is 35.5. The highest BCUT2D eigenvalue weighted by Gasteiger charge is 2.19. The van der Waals surface area contributed by atoms with Gasteiger partial charge in [-0.2, -0.15) is 0 Å². The summed E-state index contributed by atoms with van der Waals surface area (Å²) in [6.07, 6.45) is 3.58. The molecule has 0 aliphatic carbocycles. The Morgan fingerprint density at radius 3 is 2.44 bits per heavy atom. The van der Waals surface area contributed by atoms with Crippen molar-refractivity contribution >= 4 is 34.5 Å². The smallest absolute Gasteiger partial charge is 0.0931 e. The maximum Gasteiger partial charge on any atom is 0.0931 e. The van der Waals surface area contributed by atoms with Crippen molar-refractivity contribution in [1.82, 2.24) is 4.98 Å². The van der Waals surface area contributed by atoms with E-state index in [0.29, 0.717) is 0 Å². The maximum atomic E-state index is 6.44. The molecular weight excluding hydrogens is 261 g/mol. The number of nitrogens with zero attached hydrogens (tertiary/aromatic N) is 1. The lowest BCUT2D eigenvalue weighted by atomic mass is 9.98. The Morgan fingerprint density at radius 1 is 1.19 bits per heavy atom. The fourth-order valence-corrected chi connectivity index (χ4v) is 3.06. The average molecular weight is 272 g/mol. The largest absolute Gasteiger partial charge is 0.265 e. The number of hydrogen-bond acceptors (Lipinski definition) is 2. The van der Waals surface area contributed by atoms with Gasteiger partial charge in [0.2, 0.25) is 0 Å². The first kappa shape index (κ1) is 11.9. The zero-order valence-corrected chi connectivity index (χ0v) is 11.1. The summed E-state index contributed by atoms with van der Waals surface area (Å²) in [5.74, 6) is 0.249. The monoisotopic (exact) mass is 271 g/mol. The highest BCUT2D eigenvalue weighted by molar-refractivity contribution is 7.16. The molecule has 0 amide bonds. The normalized spacial score (nSPS) is 14.7. The molecule has 2 aromatic rings. The molecule has 2 unspecified atom stereocenters. The molecule has 0 aromatic carbocycles. The van der Waals surface area contributed by atoms with Gasteiger partial charge in [-0.1, -0.05) is 18.5 Å². The molecule has 2 aromatic heterocycles. The van der Waals surface area contributed by atoms with Crippen molar-refractivity contribution in [3.8, 4) is 0 Å². The molecule has 2 rings (SSSR count). The zero-order chi connectivity index (χ0) is 11.5. The molecule has 0 radical (unpaired) electrons. The van der Waals surface area contributed by atoms with Crippen molar-refractivity contribution in [2.75, 3.05) is 0 Å². The molecule has 0 aliphatic rings. The van der Waals surface area contributed by atoms with Crippen LogP contribution in [-0.2, 0) is 0 Å². The lowest BCUT2D eigenvalue weighted by molar-refractivity contribution is 0.740. The molecule has 16 heavy (non-hydrogen) atoms. The highest BCUT2D eigenvalue weighted by Crippen LogP contribution is 2.39. The third kappa shape index (κ3) is 2.57. The molecule has 0 saturated heterocycles. The van der Waals surface area contributed by atoms with E-state index in [4.69, 9.17) is 23.2 Å². The average Bonchev–Trinajstić information content (AvgIpc) is 2.75. The van der Waals surface area contributed by atoms with Crippen LogP contribution in [0.3, 0.4) is 0 Å². The molecule has 84 valence electrons. The fourth-order valence-electron chi connectivity index (χ4n) is 1.56. The quantitative estimate of drug-likeness (QED) is 0.725. The van der Waals surface area contributed by atoms with Crippen molar-refractivity contribution in [3.05, 3.63) is 51.4 Å². The Balaban J connectivity index is 2.19. The van der Waals surface area contributed by atoms with Crippen molar-refractivity contribution < 1.29 is 0 Å². The van der Waals surface area contributed by atoms with E-state index in [1.165, 1.54) is 16.9 Å². The summed E-state index contributed by atoms with van der Waals surface area (Å²) in [7, 11) is 0. The van der Waals surface area contributed by atoms with Gasteiger partial charge in [-0.15, -0.1) is 22.9 Å². The van der Waals surface area contributed by atoms with Crippen LogP contribution >= 0.6 is 34.5 Å². The van der Waals surface area contributed by atoms with Crippen LogP contribution in [0.4, 0.5) is 0 Å². The second-order valence-electron chi connectivity index (χ2n) is 3.61. The van der Waals surface area contributed by atoms with Crippen molar-refractivity contribution in [2.45, 2.75) is 18.2 Å². The van der Waals surface area contributed by atoms with Gasteiger partial charge in [-0.25, -0.2) is 0 Å². The summed E-state index contributed by atoms with van der Waals surface area (Å²) < 4.78 is 0.780. The van der Waals surface area contributed by atoms with Crippen LogP contribution < -0.4 is 0 Å². The molecule has 2 heterocycles. The number of alkyl halides is 1. The molecule has 4 heteroatoms.